The fourth-order valence-corrected chi connectivity index (χ4v) is 10.5. The average Bonchev–Trinajstić information content (AvgIpc) is 3.70. The van der Waals surface area contributed by atoms with Crippen molar-refractivity contribution in [1.29, 1.82) is 5.26 Å². The predicted molar refractivity (Wildman–Crippen MR) is 265 cm³/mol. The number of carbonyl (C=O) groups is 2. The molecular formula is C51H93NO12Si2. The quantitative estimate of drug-likeness (QED) is 0.0404. The predicted octanol–water partition coefficient (Wildman–Crippen LogP) is 10.9. The van der Waals surface area contributed by atoms with Gasteiger partial charge >= 0.3 is 11.9 Å². The number of allylic oxidation sites excluding steroid dienone is 4. The number of unbranched alkanes of at least 4 members (excludes halogenated alkanes) is 2. The van der Waals surface area contributed by atoms with Gasteiger partial charge in [-0.05, 0) is 125 Å². The lowest BCUT2D eigenvalue weighted by Crippen LogP contribution is -2.44. The van der Waals surface area contributed by atoms with Gasteiger partial charge in [0.1, 0.15) is 0 Å². The number of hydrogen-bond acceptors (Lipinski definition) is 12. The van der Waals surface area contributed by atoms with Crippen molar-refractivity contribution in [3.63, 3.8) is 0 Å². The molecule has 2 saturated carbocycles. The third-order valence-corrected chi connectivity index (χ3v) is 23.7. The number of aliphatic hydroxyl groups is 2. The Morgan fingerprint density at radius 3 is 1.41 bits per heavy atom. The molecule has 2 aliphatic heterocycles. The van der Waals surface area contributed by atoms with Gasteiger partial charge < -0.3 is 47.9 Å². The largest absolute Gasteiger partial charge is 0.481 e. The Hall–Kier alpha value is -1.98. The van der Waals surface area contributed by atoms with Crippen LogP contribution in [0.4, 0.5) is 0 Å². The van der Waals surface area contributed by atoms with Crippen LogP contribution in [0, 0.1) is 35.0 Å². The lowest BCUT2D eigenvalue weighted by molar-refractivity contribution is -0.198. The number of hydrogen-bond donors (Lipinski definition) is 3. The number of carboxylic acid groups (broad SMARTS) is 1. The van der Waals surface area contributed by atoms with Gasteiger partial charge in [-0.15, -0.1) is 0 Å². The van der Waals surface area contributed by atoms with Crippen LogP contribution in [0.3, 0.4) is 0 Å². The third kappa shape index (κ3) is 21.3. The fourth-order valence-electron chi connectivity index (χ4n) is 8.38. The summed E-state index contributed by atoms with van der Waals surface area (Å²) in [5.41, 5.74) is 0. The number of carboxylic acids is 1. The smallest absolute Gasteiger partial charge is 0.305 e. The Balaban J connectivity index is 0.000000428. The Kier molecular flexibility index (Phi) is 27.3. The number of methoxy groups -OCH3 is 1. The minimum Gasteiger partial charge on any atom is -0.481 e. The highest BCUT2D eigenvalue weighted by molar-refractivity contribution is 6.74. The lowest BCUT2D eigenvalue weighted by atomic mass is 9.91. The Morgan fingerprint density at radius 2 is 1.08 bits per heavy atom. The summed E-state index contributed by atoms with van der Waals surface area (Å²) in [5.74, 6) is -0.480. The van der Waals surface area contributed by atoms with E-state index in [2.05, 4.69) is 90.7 Å². The summed E-state index contributed by atoms with van der Waals surface area (Å²) in [6.45, 7) is 26.7. The van der Waals surface area contributed by atoms with Crippen LogP contribution in [0.25, 0.3) is 0 Å². The van der Waals surface area contributed by atoms with Crippen LogP contribution in [-0.2, 0) is 42.1 Å². The van der Waals surface area contributed by atoms with Crippen molar-refractivity contribution >= 4 is 28.6 Å². The first-order chi connectivity index (χ1) is 31.0. The van der Waals surface area contributed by atoms with E-state index in [0.29, 0.717) is 38.9 Å². The molecular weight excluding hydrogens is 875 g/mol. The van der Waals surface area contributed by atoms with Gasteiger partial charge in [0.25, 0.3) is 0 Å². The molecule has 0 aromatic heterocycles. The molecule has 2 saturated heterocycles. The minimum absolute atomic E-state index is 0.0457. The maximum Gasteiger partial charge on any atom is 0.305 e. The van der Waals surface area contributed by atoms with E-state index in [1.807, 2.05) is 6.08 Å². The van der Waals surface area contributed by atoms with Gasteiger partial charge in [0, 0.05) is 70.9 Å². The molecule has 0 aromatic carbocycles. The summed E-state index contributed by atoms with van der Waals surface area (Å²) in [6.07, 6.45) is 19.8. The first kappa shape index (κ1) is 60.1. The molecule has 4 fully saturated rings. The standard InChI is InChI=1S/C25H46O6Si.C24H44O6Si.C2H3N/c1-25(2,3)32(5,6)30-18-20-19(13-9-7-8-10-14-23(27)28-4)21(26)17-22(20)31-24-15-11-12-16-29-24;1-24(2,3)31(4,5)29-17-19-18(12-8-6-7-9-13-22(26)27)20(25)16-21(19)30-23-14-10-11-15-28-23;1-2-3/h7,9,19-22,24,26H,8,10-18H2,1-6H3;6,8,18-21,23,25H,7,9-17H2,1-5H3,(H,26,27);1H3/b9-7-;8-6-;/t19?,20-,21+,22-,24?;18?,19-,20+,21-,23?;/m11./s1. The summed E-state index contributed by atoms with van der Waals surface area (Å²) in [7, 11) is -2.39. The van der Waals surface area contributed by atoms with Crippen molar-refractivity contribution in [2.45, 2.75) is 224 Å². The molecule has 4 rings (SSSR count). The van der Waals surface area contributed by atoms with Gasteiger partial charge in [-0.3, -0.25) is 9.59 Å². The molecule has 4 aliphatic rings. The molecule has 382 valence electrons. The second-order valence-electron chi connectivity index (χ2n) is 21.7. The zero-order chi connectivity index (χ0) is 49.6. The van der Waals surface area contributed by atoms with E-state index in [1.165, 1.54) is 14.0 Å². The fraction of sp³-hybridized carbons (Fsp3) is 0.863. The van der Waals surface area contributed by atoms with Crippen LogP contribution >= 0.6 is 0 Å². The SMILES string of the molecule is CC#N.CC(C)(C)[Si](C)(C)OC[C@@H]1C(C/C=C\CCCC(=O)O)[C@@H](O)C[C@H]1OC1CCCCO1.COC(=O)CCC/C=C\CC1[C@@H](CO[Si](C)(C)C(C)(C)C)[C@H](OC2CCCCO2)C[C@@H]1O. The second-order valence-corrected chi connectivity index (χ2v) is 31.4. The molecule has 2 heterocycles. The molecule has 15 heteroatoms. The van der Waals surface area contributed by atoms with E-state index in [-0.39, 0.29) is 70.9 Å². The number of aliphatic carboxylic acids is 1. The number of ether oxygens (including phenoxy) is 5. The monoisotopic (exact) mass is 968 g/mol. The molecule has 0 amide bonds. The third-order valence-electron chi connectivity index (χ3n) is 14.7. The average molecular weight is 968 g/mol. The molecule has 13 nitrogen and oxygen atoms in total. The number of rotatable bonds is 22. The van der Waals surface area contributed by atoms with Gasteiger partial charge in [0.05, 0.1) is 37.6 Å². The zero-order valence-electron chi connectivity index (χ0n) is 43.2. The maximum atomic E-state index is 11.2. The number of carbonyl (C=O) groups excluding carboxylic acids is 1. The van der Waals surface area contributed by atoms with E-state index in [9.17, 15) is 19.8 Å². The summed E-state index contributed by atoms with van der Waals surface area (Å²) >= 11 is 0. The molecule has 10 atom stereocenters. The van der Waals surface area contributed by atoms with E-state index in [4.69, 9.17) is 38.2 Å². The lowest BCUT2D eigenvalue weighted by Gasteiger charge is -2.38. The first-order valence-electron chi connectivity index (χ1n) is 25.1. The van der Waals surface area contributed by atoms with Crippen LogP contribution < -0.4 is 0 Å². The van der Waals surface area contributed by atoms with Crippen LogP contribution in [0.1, 0.15) is 151 Å². The molecule has 0 aromatic rings. The molecule has 2 aliphatic carbocycles. The summed E-state index contributed by atoms with van der Waals surface area (Å²) < 4.78 is 42.2. The summed E-state index contributed by atoms with van der Waals surface area (Å²) in [4.78, 5) is 21.9. The topological polar surface area (TPSA) is 183 Å². The first-order valence-corrected chi connectivity index (χ1v) is 30.9. The van der Waals surface area contributed by atoms with Gasteiger partial charge in [-0.2, -0.15) is 5.26 Å². The van der Waals surface area contributed by atoms with E-state index in [0.717, 1.165) is 83.8 Å². The van der Waals surface area contributed by atoms with Crippen molar-refractivity contribution in [2.24, 2.45) is 23.7 Å². The highest BCUT2D eigenvalue weighted by Gasteiger charge is 2.48. The summed E-state index contributed by atoms with van der Waals surface area (Å²) in [6, 6.07) is 1.75. The number of nitrogens with zero attached hydrogens (tertiary/aromatic N) is 1. The number of esters is 1. The maximum absolute atomic E-state index is 11.2. The molecule has 4 unspecified atom stereocenters. The van der Waals surface area contributed by atoms with Crippen molar-refractivity contribution in [3.8, 4) is 6.07 Å². The van der Waals surface area contributed by atoms with Crippen LogP contribution in [0.2, 0.25) is 36.3 Å². The normalized spacial score (nSPS) is 28.6. The van der Waals surface area contributed by atoms with E-state index in [1.54, 1.807) is 6.07 Å². The molecule has 0 spiro atoms. The second kappa shape index (κ2) is 29.9. The Morgan fingerprint density at radius 1 is 0.682 bits per heavy atom. The molecule has 0 bridgehead atoms. The van der Waals surface area contributed by atoms with Crippen molar-refractivity contribution in [3.05, 3.63) is 24.3 Å². The van der Waals surface area contributed by atoms with Gasteiger partial charge in [-0.1, -0.05) is 65.8 Å². The highest BCUT2D eigenvalue weighted by atomic mass is 28.4. The van der Waals surface area contributed by atoms with E-state index >= 15 is 0 Å². The number of aliphatic hydroxyl groups excluding tert-OH is 2. The minimum atomic E-state index is -1.91. The van der Waals surface area contributed by atoms with E-state index < -0.39 is 34.8 Å². The van der Waals surface area contributed by atoms with Crippen LogP contribution in [-0.4, -0.2) is 114 Å². The zero-order valence-corrected chi connectivity index (χ0v) is 45.2. The number of nitriles is 1. The van der Waals surface area contributed by atoms with Crippen molar-refractivity contribution < 1.29 is 57.4 Å². The Labute approximate surface area is 401 Å². The van der Waals surface area contributed by atoms with Crippen LogP contribution in [0.5, 0.6) is 0 Å². The molecule has 3 N–H and O–H groups in total. The summed E-state index contributed by atoms with van der Waals surface area (Å²) in [5, 5.41) is 38.1. The van der Waals surface area contributed by atoms with Crippen molar-refractivity contribution in [2.75, 3.05) is 33.5 Å². The van der Waals surface area contributed by atoms with Gasteiger partial charge in [-0.25, -0.2) is 0 Å². The molecule has 66 heavy (non-hydrogen) atoms. The van der Waals surface area contributed by atoms with Crippen LogP contribution in [0.15, 0.2) is 24.3 Å². The van der Waals surface area contributed by atoms with Gasteiger partial charge in [0.15, 0.2) is 29.2 Å². The van der Waals surface area contributed by atoms with Gasteiger partial charge in [0.2, 0.25) is 0 Å². The molecule has 0 radical (unpaired) electrons. The van der Waals surface area contributed by atoms with Crippen molar-refractivity contribution in [1.82, 2.24) is 0 Å². The highest BCUT2D eigenvalue weighted by Crippen LogP contribution is 2.44. The Bertz CT molecular complexity index is 1480.